The van der Waals surface area contributed by atoms with E-state index in [1.165, 1.54) is 12.1 Å². The highest BCUT2D eigenvalue weighted by atomic mass is 16.6. The van der Waals surface area contributed by atoms with Crippen molar-refractivity contribution in [1.29, 1.82) is 0 Å². The second-order valence-corrected chi connectivity index (χ2v) is 14.5. The second kappa shape index (κ2) is 19.8. The third-order valence-corrected chi connectivity index (χ3v) is 7.47. The van der Waals surface area contributed by atoms with Crippen LogP contribution in [0, 0.1) is 0 Å². The van der Waals surface area contributed by atoms with E-state index in [1.54, 1.807) is 77.9 Å². The van der Waals surface area contributed by atoms with Gasteiger partial charge in [0.1, 0.15) is 29.9 Å². The lowest BCUT2D eigenvalue weighted by atomic mass is 9.97. The minimum Gasteiger partial charge on any atom is -0.460 e. The molecule has 0 spiro atoms. The predicted molar refractivity (Wildman–Crippen MR) is 203 cm³/mol. The molecule has 14 nitrogen and oxygen atoms in total. The van der Waals surface area contributed by atoms with Gasteiger partial charge in [0, 0.05) is 17.8 Å². The van der Waals surface area contributed by atoms with Crippen molar-refractivity contribution in [3.05, 3.63) is 90.0 Å². The van der Waals surface area contributed by atoms with Crippen LogP contribution >= 0.6 is 0 Å². The largest absolute Gasteiger partial charge is 0.460 e. The molecule has 0 radical (unpaired) electrons. The SMILES string of the molecule is CC(C)(C)OC(=O)CC(NC(=O)c1ccc(NC(=O)C(CCCCNC(=O)OCc2ccccc2)NC(=O)OC(C)(C)C)cc1-c1ccccc1)C(N)=O. The Hall–Kier alpha value is -5.92. The van der Waals surface area contributed by atoms with Gasteiger partial charge in [-0.3, -0.25) is 19.2 Å². The molecule has 3 rings (SSSR count). The molecule has 2 atom stereocenters. The van der Waals surface area contributed by atoms with Gasteiger partial charge in [-0.1, -0.05) is 60.7 Å². The van der Waals surface area contributed by atoms with Crippen molar-refractivity contribution in [2.24, 2.45) is 5.73 Å². The molecule has 290 valence electrons. The number of carbonyl (C=O) groups is 6. The number of amides is 5. The van der Waals surface area contributed by atoms with E-state index >= 15 is 0 Å². The number of rotatable bonds is 16. The van der Waals surface area contributed by atoms with Crippen LogP contribution < -0.4 is 27.0 Å². The average Bonchev–Trinajstić information content (AvgIpc) is 3.08. The normalized spacial score (nSPS) is 12.3. The molecule has 0 aliphatic rings. The third kappa shape index (κ3) is 15.4. The van der Waals surface area contributed by atoms with Crippen molar-refractivity contribution >= 4 is 41.6 Å². The third-order valence-electron chi connectivity index (χ3n) is 7.47. The number of ether oxygens (including phenoxy) is 3. The molecule has 0 aromatic heterocycles. The summed E-state index contributed by atoms with van der Waals surface area (Å²) in [6, 6.07) is 20.4. The topological polar surface area (TPSA) is 204 Å². The molecule has 0 bridgehead atoms. The molecular formula is C40H51N5O9. The van der Waals surface area contributed by atoms with E-state index in [0.29, 0.717) is 29.7 Å². The second-order valence-electron chi connectivity index (χ2n) is 14.5. The van der Waals surface area contributed by atoms with Gasteiger partial charge in [-0.25, -0.2) is 9.59 Å². The number of benzene rings is 3. The fourth-order valence-corrected chi connectivity index (χ4v) is 5.07. The van der Waals surface area contributed by atoms with Crippen LogP contribution in [0.15, 0.2) is 78.9 Å². The van der Waals surface area contributed by atoms with E-state index in [4.69, 9.17) is 19.9 Å². The Morgan fingerprint density at radius 2 is 1.35 bits per heavy atom. The number of unbranched alkanes of at least 4 members (excludes halogenated alkanes) is 1. The van der Waals surface area contributed by atoms with Gasteiger partial charge >= 0.3 is 18.2 Å². The zero-order chi connectivity index (χ0) is 39.9. The minimum atomic E-state index is -1.34. The molecular weight excluding hydrogens is 694 g/mol. The quantitative estimate of drug-likeness (QED) is 0.0703. The molecule has 0 aliphatic heterocycles. The molecule has 0 saturated heterocycles. The Bertz CT molecular complexity index is 1750. The van der Waals surface area contributed by atoms with Crippen LogP contribution in [0.25, 0.3) is 11.1 Å². The molecule has 0 aliphatic carbocycles. The predicted octanol–water partition coefficient (Wildman–Crippen LogP) is 5.60. The molecule has 0 heterocycles. The van der Waals surface area contributed by atoms with E-state index in [2.05, 4.69) is 21.3 Å². The number of hydrogen-bond donors (Lipinski definition) is 5. The number of primary amides is 1. The maximum absolute atomic E-state index is 13.6. The lowest BCUT2D eigenvalue weighted by Crippen LogP contribution is -2.46. The summed E-state index contributed by atoms with van der Waals surface area (Å²) in [7, 11) is 0. The van der Waals surface area contributed by atoms with Crippen molar-refractivity contribution in [3.8, 4) is 11.1 Å². The van der Waals surface area contributed by atoms with Crippen LogP contribution in [0.4, 0.5) is 15.3 Å². The number of nitrogens with one attached hydrogen (secondary N) is 4. The van der Waals surface area contributed by atoms with Crippen molar-refractivity contribution in [3.63, 3.8) is 0 Å². The van der Waals surface area contributed by atoms with Gasteiger partial charge in [0.05, 0.1) is 6.42 Å². The Morgan fingerprint density at radius 1 is 0.722 bits per heavy atom. The summed E-state index contributed by atoms with van der Waals surface area (Å²) in [5.74, 6) is -2.85. The van der Waals surface area contributed by atoms with E-state index in [0.717, 1.165) is 5.56 Å². The monoisotopic (exact) mass is 745 g/mol. The van der Waals surface area contributed by atoms with Gasteiger partial charge in [-0.05, 0) is 95.7 Å². The number of carbonyl (C=O) groups excluding carboxylic acids is 6. The number of esters is 1. The van der Waals surface area contributed by atoms with Gasteiger partial charge in [0.25, 0.3) is 5.91 Å². The number of hydrogen-bond acceptors (Lipinski definition) is 9. The lowest BCUT2D eigenvalue weighted by molar-refractivity contribution is -0.156. The molecule has 0 fully saturated rings. The van der Waals surface area contributed by atoms with Crippen LogP contribution in [-0.2, 0) is 35.2 Å². The van der Waals surface area contributed by atoms with Crippen LogP contribution in [0.5, 0.6) is 0 Å². The molecule has 14 heteroatoms. The lowest BCUT2D eigenvalue weighted by Gasteiger charge is -2.24. The van der Waals surface area contributed by atoms with Gasteiger partial charge in [-0.15, -0.1) is 0 Å². The van der Waals surface area contributed by atoms with Gasteiger partial charge in [0.2, 0.25) is 11.8 Å². The smallest absolute Gasteiger partial charge is 0.408 e. The van der Waals surface area contributed by atoms with E-state index in [9.17, 15) is 28.8 Å². The first-order chi connectivity index (χ1) is 25.4. The van der Waals surface area contributed by atoms with E-state index < -0.39 is 65.6 Å². The highest BCUT2D eigenvalue weighted by Gasteiger charge is 2.28. The minimum absolute atomic E-state index is 0.133. The van der Waals surface area contributed by atoms with Crippen LogP contribution in [0.3, 0.4) is 0 Å². The maximum atomic E-state index is 13.6. The first kappa shape index (κ1) is 42.5. The van der Waals surface area contributed by atoms with Crippen molar-refractivity contribution in [1.82, 2.24) is 16.0 Å². The molecule has 6 N–H and O–H groups in total. The fourth-order valence-electron chi connectivity index (χ4n) is 5.07. The molecule has 0 saturated carbocycles. The Balaban J connectivity index is 1.74. The molecule has 54 heavy (non-hydrogen) atoms. The van der Waals surface area contributed by atoms with E-state index in [-0.39, 0.29) is 25.1 Å². The summed E-state index contributed by atoms with van der Waals surface area (Å²) in [5.41, 5.74) is 6.26. The average molecular weight is 746 g/mol. The summed E-state index contributed by atoms with van der Waals surface area (Å²) >= 11 is 0. The van der Waals surface area contributed by atoms with Crippen molar-refractivity contribution in [2.75, 3.05) is 11.9 Å². The summed E-state index contributed by atoms with van der Waals surface area (Å²) in [6.45, 7) is 10.6. The van der Waals surface area contributed by atoms with Crippen molar-refractivity contribution < 1.29 is 43.0 Å². The molecule has 5 amide bonds. The Morgan fingerprint density at radius 3 is 1.96 bits per heavy atom. The summed E-state index contributed by atoms with van der Waals surface area (Å²) in [5, 5.41) is 10.7. The van der Waals surface area contributed by atoms with Gasteiger partial charge in [-0.2, -0.15) is 0 Å². The number of nitrogens with two attached hydrogens (primary N) is 1. The highest BCUT2D eigenvalue weighted by molar-refractivity contribution is 6.05. The van der Waals surface area contributed by atoms with Crippen LogP contribution in [-0.4, -0.2) is 65.7 Å². The van der Waals surface area contributed by atoms with Gasteiger partial charge in [0.15, 0.2) is 0 Å². The summed E-state index contributed by atoms with van der Waals surface area (Å²) < 4.78 is 15.9. The zero-order valence-corrected chi connectivity index (χ0v) is 31.7. The maximum Gasteiger partial charge on any atom is 0.408 e. The summed E-state index contributed by atoms with van der Waals surface area (Å²) in [6.07, 6.45) is -0.664. The summed E-state index contributed by atoms with van der Waals surface area (Å²) in [4.78, 5) is 76.7. The Labute approximate surface area is 315 Å². The van der Waals surface area contributed by atoms with Gasteiger partial charge < -0.3 is 41.2 Å². The van der Waals surface area contributed by atoms with Crippen LogP contribution in [0.2, 0.25) is 0 Å². The molecule has 3 aromatic carbocycles. The number of alkyl carbamates (subject to hydrolysis) is 2. The zero-order valence-electron chi connectivity index (χ0n) is 31.7. The molecule has 2 unspecified atom stereocenters. The Kier molecular flexibility index (Phi) is 15.6. The number of anilines is 1. The fraction of sp³-hybridized carbons (Fsp3) is 0.400. The van der Waals surface area contributed by atoms with Crippen LogP contribution in [0.1, 0.15) is 83.1 Å². The highest BCUT2D eigenvalue weighted by Crippen LogP contribution is 2.28. The standard InChI is InChI=1S/C40H51N5O9/c1-39(2,3)53-33(46)24-32(34(41)47)44-35(48)29-21-20-28(23-30(29)27-17-11-8-12-18-27)43-36(49)31(45-38(51)54-40(4,5)6)19-13-14-22-42-37(50)52-25-26-15-9-7-10-16-26/h7-12,15-18,20-21,23,31-32H,13-14,19,22,24-25H2,1-6H3,(H2,41,47)(H,42,50)(H,43,49)(H,44,48)(H,45,51). The van der Waals surface area contributed by atoms with Crippen molar-refractivity contribution in [2.45, 2.75) is 97.1 Å². The molecule has 3 aromatic rings. The first-order valence-electron chi connectivity index (χ1n) is 17.7. The first-order valence-corrected chi connectivity index (χ1v) is 17.7. The van der Waals surface area contributed by atoms with E-state index in [1.807, 2.05) is 30.3 Å².